The minimum absolute atomic E-state index is 0.0455. The van der Waals surface area contributed by atoms with Gasteiger partial charge in [-0.15, -0.1) is 13.2 Å². The Kier molecular flexibility index (Phi) is 4.93. The van der Waals surface area contributed by atoms with E-state index in [4.69, 9.17) is 5.11 Å². The number of halogens is 5. The van der Waals surface area contributed by atoms with E-state index in [0.717, 1.165) is 12.1 Å². The van der Waals surface area contributed by atoms with Crippen LogP contribution in [0.5, 0.6) is 0 Å². The van der Waals surface area contributed by atoms with Crippen LogP contribution in [0, 0.1) is 11.6 Å². The molecule has 0 atom stereocenters. The van der Waals surface area contributed by atoms with Crippen molar-refractivity contribution < 1.29 is 31.9 Å². The third kappa shape index (κ3) is 3.73. The summed E-state index contributed by atoms with van der Waals surface area (Å²) in [6.07, 6.45) is -3.93. The highest BCUT2D eigenvalue weighted by Gasteiger charge is 2.35. The minimum Gasteiger partial charge on any atom is -0.478 e. The van der Waals surface area contributed by atoms with Crippen LogP contribution in [0.4, 0.5) is 22.0 Å². The van der Waals surface area contributed by atoms with E-state index in [1.807, 2.05) is 0 Å². The molecular formula is C19H13F5N2O2. The molecule has 1 heterocycles. The quantitative estimate of drug-likeness (QED) is 0.506. The number of carboxylic acid groups (broad SMARTS) is 1. The van der Waals surface area contributed by atoms with Crippen LogP contribution in [0.3, 0.4) is 0 Å². The van der Waals surface area contributed by atoms with Crippen LogP contribution in [0.25, 0.3) is 17.0 Å². The molecule has 9 heteroatoms. The third-order valence-electron chi connectivity index (χ3n) is 4.15. The molecule has 0 aliphatic carbocycles. The Morgan fingerprint density at radius 1 is 1.18 bits per heavy atom. The van der Waals surface area contributed by atoms with E-state index in [2.05, 4.69) is 5.10 Å². The van der Waals surface area contributed by atoms with Crippen molar-refractivity contribution in [3.05, 3.63) is 70.4 Å². The maximum Gasteiger partial charge on any atom is 0.505 e. The molecule has 0 spiro atoms. The number of benzene rings is 2. The normalized spacial score (nSPS) is 12.6. The van der Waals surface area contributed by atoms with Crippen molar-refractivity contribution in [2.24, 2.45) is 0 Å². The second-order valence-corrected chi connectivity index (χ2v) is 6.12. The Morgan fingerprint density at radius 2 is 1.89 bits per heavy atom. The fourth-order valence-electron chi connectivity index (χ4n) is 2.85. The molecule has 0 fully saturated rings. The number of nitrogens with zero attached hydrogens (tertiary/aromatic N) is 2. The van der Waals surface area contributed by atoms with Crippen molar-refractivity contribution >= 4 is 22.9 Å². The molecule has 0 bridgehead atoms. The summed E-state index contributed by atoms with van der Waals surface area (Å²) in [5.74, 6) is -2.92. The topological polar surface area (TPSA) is 55.1 Å². The van der Waals surface area contributed by atoms with Gasteiger partial charge in [-0.2, -0.15) is 9.78 Å². The van der Waals surface area contributed by atoms with Gasteiger partial charge in [-0.25, -0.2) is 13.6 Å². The zero-order valence-electron chi connectivity index (χ0n) is 14.4. The van der Waals surface area contributed by atoms with Crippen LogP contribution in [0.15, 0.2) is 42.0 Å². The summed E-state index contributed by atoms with van der Waals surface area (Å²) in [5, 5.41) is 12.6. The smallest absolute Gasteiger partial charge is 0.478 e. The molecule has 2 aromatic carbocycles. The van der Waals surface area contributed by atoms with Crippen molar-refractivity contribution in [2.45, 2.75) is 19.6 Å². The molecule has 4 nitrogen and oxygen atoms in total. The van der Waals surface area contributed by atoms with Gasteiger partial charge in [0.1, 0.15) is 11.6 Å². The van der Waals surface area contributed by atoms with Gasteiger partial charge in [-0.3, -0.25) is 0 Å². The van der Waals surface area contributed by atoms with Crippen LogP contribution in [0.2, 0.25) is 0 Å². The molecule has 0 aliphatic rings. The summed E-state index contributed by atoms with van der Waals surface area (Å²) in [4.78, 5) is 11.1. The van der Waals surface area contributed by atoms with Gasteiger partial charge < -0.3 is 5.11 Å². The fraction of sp³-hybridized carbons (Fsp3) is 0.158. The zero-order chi connectivity index (χ0) is 20.6. The molecule has 0 unspecified atom stereocenters. The second kappa shape index (κ2) is 7.06. The first-order chi connectivity index (χ1) is 13.1. The number of carbonyl (C=O) groups is 1. The van der Waals surface area contributed by atoms with Crippen LogP contribution in [0.1, 0.15) is 23.7 Å². The van der Waals surface area contributed by atoms with Gasteiger partial charge >= 0.3 is 12.3 Å². The first-order valence-electron chi connectivity index (χ1n) is 8.01. The Labute approximate surface area is 155 Å². The number of fused-ring (bicyclic) bond motifs is 1. The van der Waals surface area contributed by atoms with Gasteiger partial charge in [0.15, 0.2) is 0 Å². The van der Waals surface area contributed by atoms with E-state index in [9.17, 15) is 26.7 Å². The molecule has 0 aliphatic heterocycles. The molecule has 0 radical (unpaired) electrons. The summed E-state index contributed by atoms with van der Waals surface area (Å²) in [5.41, 5.74) is -0.333. The Bertz CT molecular complexity index is 1100. The summed E-state index contributed by atoms with van der Waals surface area (Å²) in [7, 11) is 0. The lowest BCUT2D eigenvalue weighted by molar-refractivity contribution is -0.209. The summed E-state index contributed by atoms with van der Waals surface area (Å²) >= 11 is 0. The number of hydrogen-bond acceptors (Lipinski definition) is 2. The Balaban J connectivity index is 2.24. The molecule has 1 aromatic heterocycles. The van der Waals surface area contributed by atoms with Crippen LogP contribution in [-0.4, -0.2) is 20.9 Å². The van der Waals surface area contributed by atoms with E-state index < -0.39 is 23.9 Å². The average molecular weight is 396 g/mol. The number of aromatic nitrogens is 2. The predicted octanol–water partition coefficient (Wildman–Crippen LogP) is 4.87. The lowest BCUT2D eigenvalue weighted by atomic mass is 9.99. The third-order valence-corrected chi connectivity index (χ3v) is 4.15. The monoisotopic (exact) mass is 396 g/mol. The van der Waals surface area contributed by atoms with Crippen molar-refractivity contribution in [3.8, 4) is 0 Å². The maximum absolute atomic E-state index is 14.0. The van der Waals surface area contributed by atoms with E-state index >= 15 is 0 Å². The number of alkyl halides is 3. The van der Waals surface area contributed by atoms with Crippen molar-refractivity contribution in [1.82, 2.24) is 9.78 Å². The molecular weight excluding hydrogens is 383 g/mol. The van der Waals surface area contributed by atoms with Crippen LogP contribution >= 0.6 is 0 Å². The molecule has 3 rings (SSSR count). The molecule has 3 aromatic rings. The number of carboxylic acids is 1. The summed E-state index contributed by atoms with van der Waals surface area (Å²) < 4.78 is 67.0. The minimum atomic E-state index is -4.83. The molecule has 0 saturated carbocycles. The van der Waals surface area contributed by atoms with Gasteiger partial charge in [0.2, 0.25) is 0 Å². The van der Waals surface area contributed by atoms with E-state index in [1.54, 1.807) is 0 Å². The SMILES string of the molecule is C/C(=C\c1nn(C(F)(F)F)c2cccc(Cc3ccc(F)cc3F)c12)C(=O)O. The molecule has 0 amide bonds. The Morgan fingerprint density at radius 3 is 2.50 bits per heavy atom. The largest absolute Gasteiger partial charge is 0.505 e. The number of aliphatic carboxylic acids is 1. The number of hydrogen-bond donors (Lipinski definition) is 1. The summed E-state index contributed by atoms with van der Waals surface area (Å²) in [6.45, 7) is 1.23. The lowest BCUT2D eigenvalue weighted by Crippen LogP contribution is -2.18. The van der Waals surface area contributed by atoms with Gasteiger partial charge in [0, 0.05) is 23.4 Å². The zero-order valence-corrected chi connectivity index (χ0v) is 14.4. The van der Waals surface area contributed by atoms with E-state index in [1.165, 1.54) is 31.2 Å². The second-order valence-electron chi connectivity index (χ2n) is 6.12. The highest BCUT2D eigenvalue weighted by molar-refractivity contribution is 5.97. The Hall–Kier alpha value is -3.23. The average Bonchev–Trinajstić information content (AvgIpc) is 2.97. The highest BCUT2D eigenvalue weighted by atomic mass is 19.4. The van der Waals surface area contributed by atoms with Gasteiger partial charge in [0.25, 0.3) is 0 Å². The highest BCUT2D eigenvalue weighted by Crippen LogP contribution is 2.33. The fourth-order valence-corrected chi connectivity index (χ4v) is 2.85. The standard InChI is InChI=1S/C19H13F5N2O2/c1-10(18(27)28)7-15-17-12(8-11-5-6-13(20)9-14(11)21)3-2-4-16(17)26(25-15)19(22,23)24/h2-7,9H,8H2,1H3,(H,27,28)/b10-7+. The van der Waals surface area contributed by atoms with Gasteiger partial charge in [0.05, 0.1) is 11.2 Å². The maximum atomic E-state index is 14.0. The molecule has 146 valence electrons. The van der Waals surface area contributed by atoms with Crippen molar-refractivity contribution in [3.63, 3.8) is 0 Å². The molecule has 28 heavy (non-hydrogen) atoms. The first kappa shape index (κ1) is 19.5. The van der Waals surface area contributed by atoms with Gasteiger partial charge in [-0.05, 0) is 36.3 Å². The first-order valence-corrected chi connectivity index (χ1v) is 8.01. The van der Waals surface area contributed by atoms with E-state index in [0.29, 0.717) is 11.6 Å². The van der Waals surface area contributed by atoms with Crippen molar-refractivity contribution in [2.75, 3.05) is 0 Å². The number of rotatable bonds is 4. The van der Waals surface area contributed by atoms with E-state index in [-0.39, 0.29) is 38.8 Å². The van der Waals surface area contributed by atoms with Gasteiger partial charge in [-0.1, -0.05) is 18.2 Å². The molecule has 0 saturated heterocycles. The predicted molar refractivity (Wildman–Crippen MR) is 91.5 cm³/mol. The van der Waals surface area contributed by atoms with Crippen LogP contribution < -0.4 is 0 Å². The lowest BCUT2D eigenvalue weighted by Gasteiger charge is -2.09. The summed E-state index contributed by atoms with van der Waals surface area (Å²) in [6, 6.07) is 6.97. The van der Waals surface area contributed by atoms with Crippen LogP contribution in [-0.2, 0) is 17.5 Å². The molecule has 1 N–H and O–H groups in total. The van der Waals surface area contributed by atoms with Crippen molar-refractivity contribution in [1.29, 1.82) is 0 Å².